The fourth-order valence-electron chi connectivity index (χ4n) is 0.899. The Morgan fingerprint density at radius 3 is 3.08 bits per heavy atom. The predicted octanol–water partition coefficient (Wildman–Crippen LogP) is 2.29. The molecule has 0 aliphatic carbocycles. The van der Waals surface area contributed by atoms with E-state index in [0.717, 1.165) is 10.2 Å². The van der Waals surface area contributed by atoms with Gasteiger partial charge in [-0.2, -0.15) is 5.26 Å². The fourth-order valence-corrected chi connectivity index (χ4v) is 1.24. The third-order valence-corrected chi connectivity index (χ3v) is 2.35. The Morgan fingerprint density at radius 2 is 2.54 bits per heavy atom. The third kappa shape index (κ3) is 3.21. The van der Waals surface area contributed by atoms with Gasteiger partial charge in [-0.3, -0.25) is 0 Å². The highest BCUT2D eigenvalue weighted by Gasteiger charge is 2.03. The highest BCUT2D eigenvalue weighted by molar-refractivity contribution is 9.10. The van der Waals surface area contributed by atoms with Crippen molar-refractivity contribution in [3.8, 4) is 6.07 Å². The van der Waals surface area contributed by atoms with Crippen LogP contribution in [-0.4, -0.2) is 6.54 Å². The molecule has 0 aliphatic heterocycles. The van der Waals surface area contributed by atoms with Gasteiger partial charge in [0.1, 0.15) is 5.76 Å². The Bertz CT molecular complexity index is 303. The van der Waals surface area contributed by atoms with Gasteiger partial charge >= 0.3 is 0 Å². The molecule has 0 spiro atoms. The van der Waals surface area contributed by atoms with Gasteiger partial charge in [-0.15, -0.1) is 0 Å². The number of halogens is 1. The van der Waals surface area contributed by atoms with E-state index in [9.17, 15) is 0 Å². The molecule has 70 valence electrons. The first kappa shape index (κ1) is 10.3. The maximum absolute atomic E-state index is 8.52. The zero-order valence-corrected chi connectivity index (χ0v) is 8.97. The van der Waals surface area contributed by atoms with Crippen molar-refractivity contribution < 1.29 is 4.42 Å². The van der Waals surface area contributed by atoms with Crippen molar-refractivity contribution in [1.29, 1.82) is 5.26 Å². The normalized spacial score (nSPS) is 12.4. The zero-order valence-electron chi connectivity index (χ0n) is 7.38. The van der Waals surface area contributed by atoms with Crippen LogP contribution in [0.5, 0.6) is 0 Å². The van der Waals surface area contributed by atoms with E-state index in [1.54, 1.807) is 6.26 Å². The average molecular weight is 243 g/mol. The molecular weight excluding hydrogens is 232 g/mol. The van der Waals surface area contributed by atoms with Gasteiger partial charge in [-0.05, 0) is 28.9 Å². The SMILES string of the molecule is CC(C#N)CNCc1occc1Br. The summed E-state index contributed by atoms with van der Waals surface area (Å²) in [6.07, 6.45) is 1.63. The third-order valence-electron chi connectivity index (χ3n) is 1.65. The van der Waals surface area contributed by atoms with Crippen LogP contribution in [0.25, 0.3) is 0 Å². The summed E-state index contributed by atoms with van der Waals surface area (Å²) in [4.78, 5) is 0. The number of nitriles is 1. The maximum Gasteiger partial charge on any atom is 0.131 e. The second-order valence-corrected chi connectivity index (χ2v) is 3.71. The minimum absolute atomic E-state index is 0.0359. The molecule has 1 N–H and O–H groups in total. The summed E-state index contributed by atoms with van der Waals surface area (Å²) in [5.41, 5.74) is 0. The summed E-state index contributed by atoms with van der Waals surface area (Å²) in [6.45, 7) is 3.22. The molecule has 0 aliphatic rings. The molecule has 0 fully saturated rings. The van der Waals surface area contributed by atoms with Crippen LogP contribution >= 0.6 is 15.9 Å². The van der Waals surface area contributed by atoms with E-state index in [1.165, 1.54) is 0 Å². The summed E-state index contributed by atoms with van der Waals surface area (Å²) in [6, 6.07) is 4.01. The molecule has 0 radical (unpaired) electrons. The molecule has 0 saturated carbocycles. The molecular formula is C9H11BrN2O. The van der Waals surface area contributed by atoms with Crippen LogP contribution < -0.4 is 5.32 Å². The number of nitrogens with zero attached hydrogens (tertiary/aromatic N) is 1. The summed E-state index contributed by atoms with van der Waals surface area (Å²) < 4.78 is 6.15. The smallest absolute Gasteiger partial charge is 0.131 e. The van der Waals surface area contributed by atoms with Crippen molar-refractivity contribution in [2.45, 2.75) is 13.5 Å². The van der Waals surface area contributed by atoms with E-state index in [2.05, 4.69) is 27.3 Å². The number of hydrogen-bond donors (Lipinski definition) is 1. The van der Waals surface area contributed by atoms with E-state index in [-0.39, 0.29) is 5.92 Å². The van der Waals surface area contributed by atoms with Crippen LogP contribution in [-0.2, 0) is 6.54 Å². The van der Waals surface area contributed by atoms with Crippen molar-refractivity contribution in [3.63, 3.8) is 0 Å². The minimum Gasteiger partial charge on any atom is -0.467 e. The van der Waals surface area contributed by atoms with E-state index >= 15 is 0 Å². The largest absolute Gasteiger partial charge is 0.467 e. The molecule has 0 saturated heterocycles. The Labute approximate surface area is 85.9 Å². The zero-order chi connectivity index (χ0) is 9.68. The molecule has 1 heterocycles. The predicted molar refractivity (Wildman–Crippen MR) is 52.9 cm³/mol. The van der Waals surface area contributed by atoms with Crippen LogP contribution in [0.2, 0.25) is 0 Å². The minimum atomic E-state index is 0.0359. The molecule has 1 unspecified atom stereocenters. The summed E-state index contributed by atoms with van der Waals surface area (Å²) in [5.74, 6) is 0.902. The molecule has 1 aromatic heterocycles. The van der Waals surface area contributed by atoms with Gasteiger partial charge in [0, 0.05) is 6.54 Å². The number of hydrogen-bond acceptors (Lipinski definition) is 3. The molecule has 0 aromatic carbocycles. The van der Waals surface area contributed by atoms with Gasteiger partial charge in [-0.25, -0.2) is 0 Å². The van der Waals surface area contributed by atoms with Crippen LogP contribution in [0.15, 0.2) is 21.2 Å². The highest BCUT2D eigenvalue weighted by atomic mass is 79.9. The van der Waals surface area contributed by atoms with Crippen LogP contribution in [0.1, 0.15) is 12.7 Å². The topological polar surface area (TPSA) is 49.0 Å². The van der Waals surface area contributed by atoms with E-state index < -0.39 is 0 Å². The van der Waals surface area contributed by atoms with Gasteiger partial charge < -0.3 is 9.73 Å². The van der Waals surface area contributed by atoms with Crippen LogP contribution in [0.4, 0.5) is 0 Å². The number of rotatable bonds is 4. The highest BCUT2D eigenvalue weighted by Crippen LogP contribution is 2.16. The molecule has 0 bridgehead atoms. The molecule has 1 aromatic rings. The van der Waals surface area contributed by atoms with Gasteiger partial charge in [0.25, 0.3) is 0 Å². The molecule has 1 atom stereocenters. The maximum atomic E-state index is 8.52. The van der Waals surface area contributed by atoms with E-state index in [4.69, 9.17) is 9.68 Å². The summed E-state index contributed by atoms with van der Waals surface area (Å²) in [5, 5.41) is 11.7. The van der Waals surface area contributed by atoms with Gasteiger partial charge in [0.05, 0.1) is 29.3 Å². The molecule has 0 amide bonds. The number of furan rings is 1. The Morgan fingerprint density at radius 1 is 1.77 bits per heavy atom. The first-order valence-corrected chi connectivity index (χ1v) is 4.85. The van der Waals surface area contributed by atoms with Crippen molar-refractivity contribution in [1.82, 2.24) is 5.32 Å². The summed E-state index contributed by atoms with van der Waals surface area (Å²) in [7, 11) is 0. The van der Waals surface area contributed by atoms with Crippen molar-refractivity contribution in [2.24, 2.45) is 5.92 Å². The van der Waals surface area contributed by atoms with E-state index in [1.807, 2.05) is 13.0 Å². The molecule has 4 heteroatoms. The van der Waals surface area contributed by atoms with Crippen LogP contribution in [0.3, 0.4) is 0 Å². The monoisotopic (exact) mass is 242 g/mol. The Hall–Kier alpha value is -0.790. The second kappa shape index (κ2) is 5.05. The lowest BCUT2D eigenvalue weighted by Crippen LogP contribution is -2.19. The van der Waals surface area contributed by atoms with Gasteiger partial charge in [0.2, 0.25) is 0 Å². The lowest BCUT2D eigenvalue weighted by Gasteiger charge is -2.03. The summed E-state index contributed by atoms with van der Waals surface area (Å²) >= 11 is 3.35. The standard InChI is InChI=1S/C9H11BrN2O/c1-7(4-11)5-12-6-9-8(10)2-3-13-9/h2-3,7,12H,5-6H2,1H3. The Kier molecular flexibility index (Phi) is 4.00. The first-order valence-electron chi connectivity index (χ1n) is 4.06. The first-order chi connectivity index (χ1) is 6.24. The van der Waals surface area contributed by atoms with Crippen molar-refractivity contribution in [2.75, 3.05) is 6.54 Å². The fraction of sp³-hybridized carbons (Fsp3) is 0.444. The lowest BCUT2D eigenvalue weighted by molar-refractivity contribution is 0.472. The molecule has 3 nitrogen and oxygen atoms in total. The van der Waals surface area contributed by atoms with Crippen LogP contribution in [0, 0.1) is 17.2 Å². The molecule has 13 heavy (non-hydrogen) atoms. The second-order valence-electron chi connectivity index (χ2n) is 2.85. The van der Waals surface area contributed by atoms with Gasteiger partial charge in [-0.1, -0.05) is 0 Å². The number of nitrogens with one attached hydrogen (secondary N) is 1. The van der Waals surface area contributed by atoms with Crippen molar-refractivity contribution >= 4 is 15.9 Å². The van der Waals surface area contributed by atoms with Gasteiger partial charge in [0.15, 0.2) is 0 Å². The Balaban J connectivity index is 2.29. The average Bonchev–Trinajstić information content (AvgIpc) is 2.52. The van der Waals surface area contributed by atoms with Crippen molar-refractivity contribution in [3.05, 3.63) is 22.6 Å². The quantitative estimate of drug-likeness (QED) is 0.882. The molecule has 1 rings (SSSR count). The lowest BCUT2D eigenvalue weighted by atomic mass is 10.2. The van der Waals surface area contributed by atoms with E-state index in [0.29, 0.717) is 13.1 Å².